The Morgan fingerprint density at radius 3 is 1.85 bits per heavy atom. The van der Waals surface area contributed by atoms with Crippen molar-refractivity contribution in [2.45, 2.75) is 0 Å². The van der Waals surface area contributed by atoms with Crippen LogP contribution in [0.25, 0.3) is 32.3 Å². The van der Waals surface area contributed by atoms with Gasteiger partial charge in [-0.15, -0.1) is 0 Å². The van der Waals surface area contributed by atoms with Crippen molar-refractivity contribution in [1.82, 2.24) is 5.48 Å². The molecule has 3 heteroatoms. The summed E-state index contributed by atoms with van der Waals surface area (Å²) in [5.74, 6) is -0.490. The number of rotatable bonds is 1. The summed E-state index contributed by atoms with van der Waals surface area (Å²) in [5.41, 5.74) is 2.14. The van der Waals surface area contributed by atoms with Gasteiger partial charge < -0.3 is 0 Å². The minimum absolute atomic E-state index is 0.457. The highest BCUT2D eigenvalue weighted by molar-refractivity contribution is 6.24. The van der Waals surface area contributed by atoms with Gasteiger partial charge in [-0.2, -0.15) is 0 Å². The third-order valence-corrected chi connectivity index (χ3v) is 3.83. The third kappa shape index (κ3) is 1.41. The first-order chi connectivity index (χ1) is 9.78. The number of nitrogens with one attached hydrogen (secondary N) is 1. The van der Waals surface area contributed by atoms with Gasteiger partial charge in [-0.3, -0.25) is 10.0 Å². The van der Waals surface area contributed by atoms with E-state index in [9.17, 15) is 4.79 Å². The highest BCUT2D eigenvalue weighted by atomic mass is 16.5. The second kappa shape index (κ2) is 3.92. The molecule has 0 unspecified atom stereocenters. The monoisotopic (exact) mass is 261 g/mol. The molecule has 0 fully saturated rings. The van der Waals surface area contributed by atoms with Crippen molar-refractivity contribution < 1.29 is 10.0 Å². The van der Waals surface area contributed by atoms with E-state index in [-0.39, 0.29) is 0 Å². The molecule has 3 nitrogen and oxygen atoms in total. The van der Waals surface area contributed by atoms with Gasteiger partial charge in [0.15, 0.2) is 0 Å². The Kier molecular flexibility index (Phi) is 2.20. The number of amides is 1. The van der Waals surface area contributed by atoms with Gasteiger partial charge in [0.25, 0.3) is 5.91 Å². The summed E-state index contributed by atoms with van der Waals surface area (Å²) in [4.78, 5) is 11.6. The van der Waals surface area contributed by atoms with E-state index in [4.69, 9.17) is 5.21 Å². The molecule has 96 valence electrons. The second-order valence-electron chi connectivity index (χ2n) is 4.95. The number of hydroxylamine groups is 1. The first-order valence-corrected chi connectivity index (χ1v) is 6.40. The Morgan fingerprint density at radius 1 is 0.800 bits per heavy atom. The Labute approximate surface area is 114 Å². The molecule has 0 saturated carbocycles. The lowest BCUT2D eigenvalue weighted by Crippen LogP contribution is -2.18. The summed E-state index contributed by atoms with van der Waals surface area (Å²) < 4.78 is 0. The molecule has 0 aromatic heterocycles. The molecule has 0 radical (unpaired) electrons. The van der Waals surface area contributed by atoms with Crippen molar-refractivity contribution in [3.05, 3.63) is 60.2 Å². The van der Waals surface area contributed by atoms with Crippen LogP contribution in [0.3, 0.4) is 0 Å². The first-order valence-electron chi connectivity index (χ1n) is 6.40. The Hall–Kier alpha value is -2.65. The predicted molar refractivity (Wildman–Crippen MR) is 79.4 cm³/mol. The smallest absolute Gasteiger partial charge is 0.274 e. The Balaban J connectivity index is 2.22. The predicted octanol–water partition coefficient (Wildman–Crippen LogP) is 3.70. The van der Waals surface area contributed by atoms with Crippen molar-refractivity contribution in [3.63, 3.8) is 0 Å². The van der Waals surface area contributed by atoms with E-state index in [1.165, 1.54) is 16.2 Å². The normalized spacial score (nSPS) is 11.4. The third-order valence-electron chi connectivity index (χ3n) is 3.83. The molecular weight excluding hydrogens is 250 g/mol. The summed E-state index contributed by atoms with van der Waals surface area (Å²) in [5, 5.41) is 15.6. The van der Waals surface area contributed by atoms with E-state index in [0.717, 1.165) is 16.2 Å². The summed E-state index contributed by atoms with van der Waals surface area (Å²) in [6.45, 7) is 0. The molecule has 0 aliphatic rings. The SMILES string of the molecule is O=C(NO)c1cc2ccc3cccc4ccc(c1)c2c34. The lowest BCUT2D eigenvalue weighted by atomic mass is 9.93. The number of carbonyl (C=O) groups is 1. The maximum Gasteiger partial charge on any atom is 0.274 e. The molecule has 4 aromatic carbocycles. The van der Waals surface area contributed by atoms with Gasteiger partial charge in [-0.25, -0.2) is 5.48 Å². The maximum absolute atomic E-state index is 11.6. The van der Waals surface area contributed by atoms with Gasteiger partial charge in [-0.1, -0.05) is 42.5 Å². The van der Waals surface area contributed by atoms with Crippen molar-refractivity contribution >= 4 is 38.2 Å². The molecule has 0 heterocycles. The van der Waals surface area contributed by atoms with Crippen LogP contribution in [-0.2, 0) is 0 Å². The summed E-state index contributed by atoms with van der Waals surface area (Å²) in [6, 6.07) is 18.0. The van der Waals surface area contributed by atoms with Crippen LogP contribution in [-0.4, -0.2) is 11.1 Å². The molecular formula is C17H11NO2. The van der Waals surface area contributed by atoms with Gasteiger partial charge in [0.1, 0.15) is 0 Å². The maximum atomic E-state index is 11.6. The van der Waals surface area contributed by atoms with E-state index in [2.05, 4.69) is 24.3 Å². The highest BCUT2D eigenvalue weighted by Gasteiger charge is 2.11. The molecule has 2 N–H and O–H groups in total. The van der Waals surface area contributed by atoms with E-state index in [1.807, 2.05) is 18.2 Å². The zero-order chi connectivity index (χ0) is 13.7. The van der Waals surface area contributed by atoms with Crippen molar-refractivity contribution in [2.24, 2.45) is 0 Å². The molecule has 0 aliphatic heterocycles. The van der Waals surface area contributed by atoms with E-state index in [1.54, 1.807) is 17.6 Å². The fourth-order valence-electron chi connectivity index (χ4n) is 2.95. The van der Waals surface area contributed by atoms with Crippen LogP contribution < -0.4 is 5.48 Å². The number of carbonyl (C=O) groups excluding carboxylic acids is 1. The number of benzene rings is 4. The molecule has 4 aromatic rings. The quantitative estimate of drug-likeness (QED) is 0.312. The minimum Gasteiger partial charge on any atom is -0.288 e. The van der Waals surface area contributed by atoms with Crippen LogP contribution >= 0.6 is 0 Å². The Bertz CT molecular complexity index is 895. The van der Waals surface area contributed by atoms with Crippen LogP contribution in [0, 0.1) is 0 Å². The lowest BCUT2D eigenvalue weighted by molar-refractivity contribution is 0.0706. The van der Waals surface area contributed by atoms with Gasteiger partial charge in [0.2, 0.25) is 0 Å². The van der Waals surface area contributed by atoms with E-state index >= 15 is 0 Å². The molecule has 20 heavy (non-hydrogen) atoms. The second-order valence-corrected chi connectivity index (χ2v) is 4.95. The minimum atomic E-state index is -0.490. The van der Waals surface area contributed by atoms with Crippen molar-refractivity contribution in [2.75, 3.05) is 0 Å². The molecule has 0 spiro atoms. The van der Waals surface area contributed by atoms with Crippen LogP contribution in [0.4, 0.5) is 0 Å². The van der Waals surface area contributed by atoms with Crippen LogP contribution in [0.15, 0.2) is 54.6 Å². The highest BCUT2D eigenvalue weighted by Crippen LogP contribution is 2.34. The standard InChI is InChI=1S/C17H11NO2/c19-17(18-20)14-8-12-6-4-10-2-1-3-11-5-7-13(9-14)16(12)15(10)11/h1-9,20H,(H,18,19). The summed E-state index contributed by atoms with van der Waals surface area (Å²) in [7, 11) is 0. The zero-order valence-corrected chi connectivity index (χ0v) is 10.6. The molecule has 0 saturated heterocycles. The van der Waals surface area contributed by atoms with Crippen molar-refractivity contribution in [3.8, 4) is 0 Å². The van der Waals surface area contributed by atoms with Gasteiger partial charge >= 0.3 is 0 Å². The van der Waals surface area contributed by atoms with E-state index < -0.39 is 5.91 Å². The topological polar surface area (TPSA) is 49.3 Å². The van der Waals surface area contributed by atoms with Gasteiger partial charge in [0, 0.05) is 5.56 Å². The summed E-state index contributed by atoms with van der Waals surface area (Å²) >= 11 is 0. The van der Waals surface area contributed by atoms with Crippen molar-refractivity contribution in [1.29, 1.82) is 0 Å². The summed E-state index contributed by atoms with van der Waals surface area (Å²) in [6.07, 6.45) is 0. The Morgan fingerprint density at radius 2 is 1.30 bits per heavy atom. The zero-order valence-electron chi connectivity index (χ0n) is 10.6. The molecule has 0 bridgehead atoms. The molecule has 1 amide bonds. The fourth-order valence-corrected chi connectivity index (χ4v) is 2.95. The lowest BCUT2D eigenvalue weighted by Gasteiger charge is -2.11. The number of hydrogen-bond acceptors (Lipinski definition) is 2. The van der Waals surface area contributed by atoms with Gasteiger partial charge in [0.05, 0.1) is 0 Å². The largest absolute Gasteiger partial charge is 0.288 e. The van der Waals surface area contributed by atoms with Gasteiger partial charge in [-0.05, 0) is 44.5 Å². The first kappa shape index (κ1) is 11.2. The average Bonchev–Trinajstić information content (AvgIpc) is 2.51. The average molecular weight is 261 g/mol. The number of hydrogen-bond donors (Lipinski definition) is 2. The fraction of sp³-hybridized carbons (Fsp3) is 0. The van der Waals surface area contributed by atoms with Crippen LogP contribution in [0.5, 0.6) is 0 Å². The van der Waals surface area contributed by atoms with Crippen LogP contribution in [0.1, 0.15) is 10.4 Å². The van der Waals surface area contributed by atoms with E-state index in [0.29, 0.717) is 5.56 Å². The molecule has 0 aliphatic carbocycles. The molecule has 4 rings (SSSR count). The molecule has 0 atom stereocenters. The van der Waals surface area contributed by atoms with Crippen LogP contribution in [0.2, 0.25) is 0 Å².